The number of nitrogens with one attached hydrogen (secondary N) is 2. The molecule has 2 N–H and O–H groups in total. The first kappa shape index (κ1) is 13.8. The Morgan fingerprint density at radius 2 is 2.00 bits per heavy atom. The molecule has 0 aliphatic heterocycles. The van der Waals surface area contributed by atoms with E-state index < -0.39 is 0 Å². The van der Waals surface area contributed by atoms with Crippen LogP contribution in [0.3, 0.4) is 0 Å². The van der Waals surface area contributed by atoms with E-state index in [-0.39, 0.29) is 17.8 Å². The molecule has 2 aromatic rings. The van der Waals surface area contributed by atoms with Gasteiger partial charge in [0, 0.05) is 11.3 Å². The summed E-state index contributed by atoms with van der Waals surface area (Å²) in [5, 5.41) is 10.1. The highest BCUT2D eigenvalue weighted by molar-refractivity contribution is 5.94. The lowest BCUT2D eigenvalue weighted by atomic mass is 9.95. The molecule has 0 fully saturated rings. The number of benzene rings is 1. The fourth-order valence-electron chi connectivity index (χ4n) is 2.77. The van der Waals surface area contributed by atoms with Crippen LogP contribution < -0.4 is 5.32 Å². The predicted octanol–water partition coefficient (Wildman–Crippen LogP) is 2.92. The molecule has 3 rings (SSSR count). The van der Waals surface area contributed by atoms with Crippen LogP contribution >= 0.6 is 0 Å². The quantitative estimate of drug-likeness (QED) is 0.912. The minimum atomic E-state index is -0.279. The van der Waals surface area contributed by atoms with Gasteiger partial charge in [-0.2, -0.15) is 5.10 Å². The third kappa shape index (κ3) is 2.82. The molecular formula is C16H18FN3O. The highest BCUT2D eigenvalue weighted by Gasteiger charge is 2.22. The first-order valence-electron chi connectivity index (χ1n) is 7.27. The van der Waals surface area contributed by atoms with Gasteiger partial charge in [-0.1, -0.05) is 12.1 Å². The van der Waals surface area contributed by atoms with E-state index in [1.54, 1.807) is 12.1 Å². The Balaban J connectivity index is 1.74. The molecule has 1 amide bonds. The number of carbonyl (C=O) groups is 1. The number of rotatable bonds is 3. The highest BCUT2D eigenvalue weighted by atomic mass is 19.1. The Hall–Kier alpha value is -2.17. The van der Waals surface area contributed by atoms with Crippen molar-refractivity contribution in [1.82, 2.24) is 15.5 Å². The molecule has 5 heteroatoms. The van der Waals surface area contributed by atoms with E-state index in [9.17, 15) is 9.18 Å². The van der Waals surface area contributed by atoms with Crippen molar-refractivity contribution in [1.29, 1.82) is 0 Å². The van der Waals surface area contributed by atoms with E-state index in [0.29, 0.717) is 5.69 Å². The van der Waals surface area contributed by atoms with Gasteiger partial charge in [-0.25, -0.2) is 4.39 Å². The Labute approximate surface area is 122 Å². The number of nitrogens with zero attached hydrogens (tertiary/aromatic N) is 1. The summed E-state index contributed by atoms with van der Waals surface area (Å²) >= 11 is 0. The smallest absolute Gasteiger partial charge is 0.272 e. The maximum atomic E-state index is 12.9. The molecule has 0 radical (unpaired) electrons. The summed E-state index contributed by atoms with van der Waals surface area (Å²) < 4.78 is 12.9. The van der Waals surface area contributed by atoms with Gasteiger partial charge in [0.25, 0.3) is 5.91 Å². The van der Waals surface area contributed by atoms with Crippen molar-refractivity contribution in [2.24, 2.45) is 0 Å². The van der Waals surface area contributed by atoms with Crippen molar-refractivity contribution >= 4 is 5.91 Å². The molecular weight excluding hydrogens is 269 g/mol. The summed E-state index contributed by atoms with van der Waals surface area (Å²) in [5.74, 6) is -0.454. The molecule has 110 valence electrons. The Morgan fingerprint density at radius 1 is 1.29 bits per heavy atom. The van der Waals surface area contributed by atoms with Gasteiger partial charge < -0.3 is 5.32 Å². The first-order valence-corrected chi connectivity index (χ1v) is 7.27. The number of hydrogen-bond acceptors (Lipinski definition) is 2. The second-order valence-electron chi connectivity index (χ2n) is 5.48. The van der Waals surface area contributed by atoms with Gasteiger partial charge in [0.1, 0.15) is 5.82 Å². The number of aromatic nitrogens is 2. The molecule has 0 saturated carbocycles. The third-order valence-electron chi connectivity index (χ3n) is 3.99. The molecule has 0 unspecified atom stereocenters. The van der Waals surface area contributed by atoms with Crippen molar-refractivity contribution in [2.75, 3.05) is 0 Å². The summed E-state index contributed by atoms with van der Waals surface area (Å²) in [4.78, 5) is 12.4. The molecule has 1 aliphatic carbocycles. The standard InChI is InChI=1S/C16H18FN3O/c1-10(11-6-8-12(17)9-7-11)18-16(21)15-13-4-2-3-5-14(13)19-20-15/h6-10H,2-5H2,1H3,(H,18,21)(H,19,20)/t10-/m0/s1. The normalized spacial score (nSPS) is 15.3. The number of H-pyrrole nitrogens is 1. The van der Waals surface area contributed by atoms with Crippen LogP contribution in [0.1, 0.15) is 53.1 Å². The number of hydrogen-bond donors (Lipinski definition) is 2. The van der Waals surface area contributed by atoms with Gasteiger partial charge >= 0.3 is 0 Å². The first-order chi connectivity index (χ1) is 10.1. The van der Waals surface area contributed by atoms with Crippen molar-refractivity contribution < 1.29 is 9.18 Å². The zero-order chi connectivity index (χ0) is 14.8. The number of aromatic amines is 1. The van der Waals surface area contributed by atoms with Crippen LogP contribution in [0.4, 0.5) is 4.39 Å². The van der Waals surface area contributed by atoms with Crippen LogP contribution in [-0.2, 0) is 12.8 Å². The van der Waals surface area contributed by atoms with Crippen molar-refractivity contribution in [3.8, 4) is 0 Å². The second kappa shape index (κ2) is 5.68. The number of aryl methyl sites for hydroxylation is 1. The van der Waals surface area contributed by atoms with Gasteiger partial charge in [0.15, 0.2) is 5.69 Å². The molecule has 4 nitrogen and oxygen atoms in total. The molecule has 1 aliphatic rings. The highest BCUT2D eigenvalue weighted by Crippen LogP contribution is 2.22. The lowest BCUT2D eigenvalue weighted by Gasteiger charge is -2.15. The molecule has 0 bridgehead atoms. The van der Waals surface area contributed by atoms with Crippen LogP contribution in [0.25, 0.3) is 0 Å². The van der Waals surface area contributed by atoms with Crippen molar-refractivity contribution in [3.05, 3.63) is 52.6 Å². The van der Waals surface area contributed by atoms with Crippen LogP contribution in [0, 0.1) is 5.82 Å². The Bertz CT molecular complexity index is 648. The fourth-order valence-corrected chi connectivity index (χ4v) is 2.77. The molecule has 0 saturated heterocycles. The van der Waals surface area contributed by atoms with E-state index in [1.807, 2.05) is 6.92 Å². The van der Waals surface area contributed by atoms with E-state index in [4.69, 9.17) is 0 Å². The molecule has 1 heterocycles. The largest absolute Gasteiger partial charge is 0.344 e. The summed E-state index contributed by atoms with van der Waals surface area (Å²) in [5.41, 5.74) is 3.50. The summed E-state index contributed by atoms with van der Waals surface area (Å²) in [6.45, 7) is 1.88. The lowest BCUT2D eigenvalue weighted by Crippen LogP contribution is -2.28. The van der Waals surface area contributed by atoms with Gasteiger partial charge in [0.2, 0.25) is 0 Å². The van der Waals surface area contributed by atoms with E-state index in [2.05, 4.69) is 15.5 Å². The van der Waals surface area contributed by atoms with Crippen LogP contribution in [0.5, 0.6) is 0 Å². The maximum absolute atomic E-state index is 12.9. The number of carbonyl (C=O) groups excluding carboxylic acids is 1. The van der Waals surface area contributed by atoms with E-state index in [0.717, 1.165) is 42.5 Å². The predicted molar refractivity (Wildman–Crippen MR) is 77.5 cm³/mol. The Kier molecular flexibility index (Phi) is 3.73. The SMILES string of the molecule is C[C@H](NC(=O)c1n[nH]c2c1CCCC2)c1ccc(F)cc1. The zero-order valence-electron chi connectivity index (χ0n) is 11.9. The van der Waals surface area contributed by atoms with Crippen molar-refractivity contribution in [3.63, 3.8) is 0 Å². The minimum absolute atomic E-state index is 0.175. The molecule has 21 heavy (non-hydrogen) atoms. The second-order valence-corrected chi connectivity index (χ2v) is 5.48. The van der Waals surface area contributed by atoms with E-state index >= 15 is 0 Å². The summed E-state index contributed by atoms with van der Waals surface area (Å²) in [7, 11) is 0. The molecule has 1 atom stereocenters. The average molecular weight is 287 g/mol. The monoisotopic (exact) mass is 287 g/mol. The molecule has 1 aromatic carbocycles. The molecule has 0 spiro atoms. The van der Waals surface area contributed by atoms with Crippen LogP contribution in [0.15, 0.2) is 24.3 Å². The number of amides is 1. The Morgan fingerprint density at radius 3 is 2.76 bits per heavy atom. The van der Waals surface area contributed by atoms with Gasteiger partial charge in [0.05, 0.1) is 6.04 Å². The van der Waals surface area contributed by atoms with Crippen LogP contribution in [0.2, 0.25) is 0 Å². The van der Waals surface area contributed by atoms with Gasteiger partial charge in [-0.3, -0.25) is 9.89 Å². The number of fused-ring (bicyclic) bond motifs is 1. The zero-order valence-corrected chi connectivity index (χ0v) is 11.9. The minimum Gasteiger partial charge on any atom is -0.344 e. The number of halogens is 1. The fraction of sp³-hybridized carbons (Fsp3) is 0.375. The van der Waals surface area contributed by atoms with Gasteiger partial charge in [-0.15, -0.1) is 0 Å². The summed E-state index contributed by atoms with van der Waals surface area (Å²) in [6, 6.07) is 5.97. The van der Waals surface area contributed by atoms with E-state index in [1.165, 1.54) is 12.1 Å². The average Bonchev–Trinajstić information content (AvgIpc) is 2.92. The molecule has 1 aromatic heterocycles. The maximum Gasteiger partial charge on any atom is 0.272 e. The van der Waals surface area contributed by atoms with Gasteiger partial charge in [-0.05, 0) is 50.3 Å². The van der Waals surface area contributed by atoms with Crippen molar-refractivity contribution in [2.45, 2.75) is 38.6 Å². The lowest BCUT2D eigenvalue weighted by molar-refractivity contribution is 0.0933. The topological polar surface area (TPSA) is 57.8 Å². The van der Waals surface area contributed by atoms with Crippen LogP contribution in [-0.4, -0.2) is 16.1 Å². The third-order valence-corrected chi connectivity index (χ3v) is 3.99. The summed E-state index contributed by atoms with van der Waals surface area (Å²) in [6.07, 6.45) is 4.10.